The van der Waals surface area contributed by atoms with Crippen LogP contribution in [-0.4, -0.2) is 42.2 Å². The molecule has 3 rings (SSSR count). The van der Waals surface area contributed by atoms with Crippen molar-refractivity contribution < 1.29 is 4.74 Å². The van der Waals surface area contributed by atoms with Gasteiger partial charge in [0.2, 0.25) is 11.9 Å². The van der Waals surface area contributed by atoms with Gasteiger partial charge in [-0.3, -0.25) is 0 Å². The van der Waals surface area contributed by atoms with E-state index in [2.05, 4.69) is 49.4 Å². The van der Waals surface area contributed by atoms with Crippen molar-refractivity contribution in [3.8, 4) is 6.01 Å². The van der Waals surface area contributed by atoms with Gasteiger partial charge in [0.25, 0.3) is 0 Å². The summed E-state index contributed by atoms with van der Waals surface area (Å²) in [5.41, 5.74) is 1.37. The lowest BCUT2D eigenvalue weighted by atomic mass is 9.99. The van der Waals surface area contributed by atoms with Gasteiger partial charge in [0.05, 0.1) is 7.11 Å². The van der Waals surface area contributed by atoms with Crippen LogP contribution in [0.15, 0.2) is 30.3 Å². The van der Waals surface area contributed by atoms with E-state index in [0.29, 0.717) is 23.8 Å². The molecule has 1 aromatic heterocycles. The summed E-state index contributed by atoms with van der Waals surface area (Å²) in [6.07, 6.45) is 1.10. The van der Waals surface area contributed by atoms with E-state index in [4.69, 9.17) is 4.74 Å². The molecule has 1 aliphatic heterocycles. The van der Waals surface area contributed by atoms with Crippen LogP contribution in [0.5, 0.6) is 6.01 Å². The Balaban J connectivity index is 1.80. The van der Waals surface area contributed by atoms with Crippen LogP contribution in [0.4, 0.5) is 11.9 Å². The molecule has 1 saturated heterocycles. The number of benzene rings is 1. The van der Waals surface area contributed by atoms with E-state index >= 15 is 0 Å². The molecule has 6 heteroatoms. The third-order valence-corrected chi connectivity index (χ3v) is 3.75. The summed E-state index contributed by atoms with van der Waals surface area (Å²) in [7, 11) is 3.35. The van der Waals surface area contributed by atoms with Crippen molar-refractivity contribution in [1.82, 2.24) is 15.0 Å². The lowest BCUT2D eigenvalue weighted by Gasteiger charge is -2.17. The van der Waals surface area contributed by atoms with Crippen LogP contribution < -0.4 is 15.0 Å². The Labute approximate surface area is 124 Å². The maximum Gasteiger partial charge on any atom is 0.322 e. The number of anilines is 2. The molecule has 21 heavy (non-hydrogen) atoms. The third kappa shape index (κ3) is 2.89. The second-order valence-corrected chi connectivity index (χ2v) is 5.04. The first-order valence-corrected chi connectivity index (χ1v) is 7.08. The van der Waals surface area contributed by atoms with E-state index in [0.717, 1.165) is 19.5 Å². The Bertz CT molecular complexity index is 582. The summed E-state index contributed by atoms with van der Waals surface area (Å²) in [6.45, 7) is 1.86. The number of hydrogen-bond acceptors (Lipinski definition) is 6. The fraction of sp³-hybridized carbons (Fsp3) is 0.400. The van der Waals surface area contributed by atoms with E-state index in [1.807, 2.05) is 6.07 Å². The van der Waals surface area contributed by atoms with E-state index in [1.165, 1.54) is 5.56 Å². The van der Waals surface area contributed by atoms with Crippen LogP contribution in [-0.2, 0) is 0 Å². The minimum atomic E-state index is 0.340. The average molecular weight is 285 g/mol. The summed E-state index contributed by atoms with van der Waals surface area (Å²) in [5.74, 6) is 1.72. The molecule has 2 heterocycles. The van der Waals surface area contributed by atoms with Crippen LogP contribution in [0.3, 0.4) is 0 Å². The van der Waals surface area contributed by atoms with Crippen molar-refractivity contribution in [3.05, 3.63) is 35.9 Å². The number of hydrogen-bond donors (Lipinski definition) is 1. The lowest BCUT2D eigenvalue weighted by molar-refractivity contribution is 0.379. The zero-order valence-electron chi connectivity index (χ0n) is 12.3. The molecule has 1 N–H and O–H groups in total. The van der Waals surface area contributed by atoms with Gasteiger partial charge in [0.15, 0.2) is 0 Å². The number of rotatable bonds is 4. The maximum atomic E-state index is 5.14. The molecule has 0 radical (unpaired) electrons. The van der Waals surface area contributed by atoms with Crippen LogP contribution in [0.2, 0.25) is 0 Å². The van der Waals surface area contributed by atoms with Gasteiger partial charge in [-0.2, -0.15) is 15.0 Å². The van der Waals surface area contributed by atoms with Gasteiger partial charge in [-0.1, -0.05) is 30.3 Å². The second kappa shape index (κ2) is 5.95. The third-order valence-electron chi connectivity index (χ3n) is 3.75. The van der Waals surface area contributed by atoms with Gasteiger partial charge >= 0.3 is 6.01 Å². The molecule has 1 atom stereocenters. The van der Waals surface area contributed by atoms with Crippen LogP contribution in [0.1, 0.15) is 17.9 Å². The topological polar surface area (TPSA) is 63.2 Å². The first-order chi connectivity index (χ1) is 10.3. The Morgan fingerprint density at radius 2 is 2.00 bits per heavy atom. The Hall–Kier alpha value is -2.37. The molecule has 1 unspecified atom stereocenters. The Morgan fingerprint density at radius 3 is 2.71 bits per heavy atom. The van der Waals surface area contributed by atoms with Crippen LogP contribution in [0, 0.1) is 0 Å². The minimum absolute atomic E-state index is 0.340. The van der Waals surface area contributed by atoms with Crippen LogP contribution >= 0.6 is 0 Å². The predicted molar refractivity (Wildman–Crippen MR) is 81.9 cm³/mol. The standard InChI is InChI=1S/C15H19N5O/c1-16-13-17-14(19-15(18-13)21-2)20-9-8-12(10-20)11-6-4-3-5-7-11/h3-7,12H,8-10H2,1-2H3,(H,16,17,18,19). The van der Waals surface area contributed by atoms with Crippen molar-refractivity contribution >= 4 is 11.9 Å². The highest BCUT2D eigenvalue weighted by atomic mass is 16.5. The van der Waals surface area contributed by atoms with Gasteiger partial charge < -0.3 is 15.0 Å². The summed E-state index contributed by atoms with van der Waals surface area (Å²) < 4.78 is 5.14. The zero-order valence-corrected chi connectivity index (χ0v) is 12.3. The van der Waals surface area contributed by atoms with Crippen molar-refractivity contribution in [1.29, 1.82) is 0 Å². The first kappa shape index (κ1) is 13.6. The summed E-state index contributed by atoms with van der Waals surface area (Å²) in [6, 6.07) is 10.9. The van der Waals surface area contributed by atoms with Crippen molar-refractivity contribution in [2.75, 3.05) is 37.5 Å². The number of nitrogens with zero attached hydrogens (tertiary/aromatic N) is 4. The number of methoxy groups -OCH3 is 1. The highest BCUT2D eigenvalue weighted by molar-refractivity contribution is 5.40. The second-order valence-electron chi connectivity index (χ2n) is 5.04. The molecule has 0 saturated carbocycles. The smallest absolute Gasteiger partial charge is 0.322 e. The quantitative estimate of drug-likeness (QED) is 0.926. The van der Waals surface area contributed by atoms with Crippen molar-refractivity contribution in [2.24, 2.45) is 0 Å². The van der Waals surface area contributed by atoms with Crippen LogP contribution in [0.25, 0.3) is 0 Å². The molecule has 0 aliphatic carbocycles. The predicted octanol–water partition coefficient (Wildman–Crippen LogP) is 1.92. The molecule has 1 aliphatic rings. The fourth-order valence-corrected chi connectivity index (χ4v) is 2.63. The van der Waals surface area contributed by atoms with Gasteiger partial charge in [0.1, 0.15) is 0 Å². The lowest BCUT2D eigenvalue weighted by Crippen LogP contribution is -2.22. The largest absolute Gasteiger partial charge is 0.467 e. The van der Waals surface area contributed by atoms with E-state index in [1.54, 1.807) is 14.2 Å². The maximum absolute atomic E-state index is 5.14. The average Bonchev–Trinajstić information content (AvgIpc) is 3.05. The molecule has 6 nitrogen and oxygen atoms in total. The molecule has 110 valence electrons. The molecule has 1 fully saturated rings. The minimum Gasteiger partial charge on any atom is -0.467 e. The number of aromatic nitrogens is 3. The Kier molecular flexibility index (Phi) is 3.85. The summed E-state index contributed by atoms with van der Waals surface area (Å²) in [5, 5.41) is 2.94. The highest BCUT2D eigenvalue weighted by Crippen LogP contribution is 2.29. The first-order valence-electron chi connectivity index (χ1n) is 7.08. The van der Waals surface area contributed by atoms with E-state index < -0.39 is 0 Å². The van der Waals surface area contributed by atoms with E-state index in [-0.39, 0.29) is 0 Å². The number of ether oxygens (including phenoxy) is 1. The highest BCUT2D eigenvalue weighted by Gasteiger charge is 2.26. The molecular formula is C15H19N5O. The van der Waals surface area contributed by atoms with Crippen molar-refractivity contribution in [2.45, 2.75) is 12.3 Å². The summed E-state index contributed by atoms with van der Waals surface area (Å²) >= 11 is 0. The van der Waals surface area contributed by atoms with E-state index in [9.17, 15) is 0 Å². The van der Waals surface area contributed by atoms with Gasteiger partial charge in [0, 0.05) is 26.1 Å². The zero-order chi connectivity index (χ0) is 14.7. The molecule has 2 aromatic rings. The molecule has 0 spiro atoms. The monoisotopic (exact) mass is 285 g/mol. The number of nitrogens with one attached hydrogen (secondary N) is 1. The molecular weight excluding hydrogens is 266 g/mol. The molecule has 1 aromatic carbocycles. The molecule has 0 bridgehead atoms. The normalized spacial score (nSPS) is 17.8. The summed E-state index contributed by atoms with van der Waals surface area (Å²) in [4.78, 5) is 15.1. The van der Waals surface area contributed by atoms with Crippen molar-refractivity contribution in [3.63, 3.8) is 0 Å². The van der Waals surface area contributed by atoms with Gasteiger partial charge in [-0.15, -0.1) is 0 Å². The van der Waals surface area contributed by atoms with Gasteiger partial charge in [-0.05, 0) is 12.0 Å². The molecule has 0 amide bonds. The Morgan fingerprint density at radius 1 is 1.19 bits per heavy atom. The SMILES string of the molecule is CNc1nc(OC)nc(N2CCC(c3ccccc3)C2)n1. The fourth-order valence-electron chi connectivity index (χ4n) is 2.63. The van der Waals surface area contributed by atoms with Gasteiger partial charge in [-0.25, -0.2) is 0 Å².